The standard InChI is InChI=1S/C13H16N2O3S/c1-13(2)11(17)15(12(19)14-13)9-6-4-5-8(7-9)10(16)18-3/h4-7,12,14,19H,1-3H3. The number of nitrogens with one attached hydrogen (secondary N) is 1. The molecule has 1 N–H and O–H groups in total. The Labute approximate surface area is 117 Å². The highest BCUT2D eigenvalue weighted by atomic mass is 32.1. The molecule has 19 heavy (non-hydrogen) atoms. The molecule has 0 spiro atoms. The van der Waals surface area contributed by atoms with Crippen LogP contribution in [-0.4, -0.2) is 30.0 Å². The van der Waals surface area contributed by atoms with Gasteiger partial charge in [-0.2, -0.15) is 0 Å². The number of carbonyl (C=O) groups excluding carboxylic acids is 2. The molecule has 1 aliphatic heterocycles. The second-order valence-corrected chi connectivity index (χ2v) is 5.35. The molecule has 1 aromatic carbocycles. The Bertz CT molecular complexity index is 530. The van der Waals surface area contributed by atoms with Crippen molar-refractivity contribution in [3.63, 3.8) is 0 Å². The van der Waals surface area contributed by atoms with Gasteiger partial charge in [-0.15, -0.1) is 12.6 Å². The molecule has 1 fully saturated rings. The predicted molar refractivity (Wildman–Crippen MR) is 75.3 cm³/mol. The van der Waals surface area contributed by atoms with E-state index in [4.69, 9.17) is 0 Å². The number of rotatable bonds is 2. The smallest absolute Gasteiger partial charge is 0.337 e. The minimum Gasteiger partial charge on any atom is -0.465 e. The number of benzene rings is 1. The first-order chi connectivity index (χ1) is 8.86. The van der Waals surface area contributed by atoms with Crippen molar-refractivity contribution in [2.75, 3.05) is 12.0 Å². The summed E-state index contributed by atoms with van der Waals surface area (Å²) in [4.78, 5) is 25.3. The van der Waals surface area contributed by atoms with E-state index in [2.05, 4.69) is 22.7 Å². The number of hydrogen-bond donors (Lipinski definition) is 2. The lowest BCUT2D eigenvalue weighted by Crippen LogP contribution is -2.40. The lowest BCUT2D eigenvalue weighted by molar-refractivity contribution is -0.121. The second-order valence-electron chi connectivity index (χ2n) is 4.86. The van der Waals surface area contributed by atoms with Crippen LogP contribution in [-0.2, 0) is 9.53 Å². The monoisotopic (exact) mass is 280 g/mol. The largest absolute Gasteiger partial charge is 0.465 e. The minimum atomic E-state index is -0.673. The highest BCUT2D eigenvalue weighted by Crippen LogP contribution is 2.29. The van der Waals surface area contributed by atoms with Gasteiger partial charge in [0.15, 0.2) is 0 Å². The maximum absolute atomic E-state index is 12.3. The van der Waals surface area contributed by atoms with Crippen LogP contribution in [0.1, 0.15) is 24.2 Å². The van der Waals surface area contributed by atoms with Crippen molar-refractivity contribution in [1.82, 2.24) is 5.32 Å². The van der Waals surface area contributed by atoms with Gasteiger partial charge in [0.05, 0.1) is 18.2 Å². The quantitative estimate of drug-likeness (QED) is 0.635. The van der Waals surface area contributed by atoms with E-state index in [1.165, 1.54) is 12.0 Å². The van der Waals surface area contributed by atoms with Crippen molar-refractivity contribution in [1.29, 1.82) is 0 Å². The van der Waals surface area contributed by atoms with Crippen molar-refractivity contribution in [2.45, 2.75) is 24.9 Å². The number of carbonyl (C=O) groups is 2. The molecule has 0 saturated carbocycles. The molecule has 1 unspecified atom stereocenters. The van der Waals surface area contributed by atoms with E-state index in [9.17, 15) is 9.59 Å². The Morgan fingerprint density at radius 3 is 2.68 bits per heavy atom. The van der Waals surface area contributed by atoms with Gasteiger partial charge in [0.2, 0.25) is 5.91 Å². The fraction of sp³-hybridized carbons (Fsp3) is 0.385. The van der Waals surface area contributed by atoms with Crippen LogP contribution < -0.4 is 10.2 Å². The Balaban J connectivity index is 2.37. The number of thiol groups is 1. The predicted octanol–water partition coefficient (Wildman–Crippen LogP) is 1.40. The topological polar surface area (TPSA) is 58.6 Å². The number of amides is 1. The Morgan fingerprint density at radius 1 is 1.47 bits per heavy atom. The summed E-state index contributed by atoms with van der Waals surface area (Å²) in [7, 11) is 1.32. The van der Waals surface area contributed by atoms with Crippen LogP contribution in [0.2, 0.25) is 0 Å². The first kappa shape index (κ1) is 13.9. The van der Waals surface area contributed by atoms with Crippen LogP contribution in [0.25, 0.3) is 0 Å². The van der Waals surface area contributed by atoms with Crippen LogP contribution in [0.5, 0.6) is 0 Å². The number of esters is 1. The zero-order valence-electron chi connectivity index (χ0n) is 11.0. The normalized spacial score (nSPS) is 21.6. The van der Waals surface area contributed by atoms with E-state index in [0.717, 1.165) is 0 Å². The molecule has 1 aliphatic rings. The van der Waals surface area contributed by atoms with Crippen LogP contribution in [0.4, 0.5) is 5.69 Å². The van der Waals surface area contributed by atoms with Crippen LogP contribution >= 0.6 is 12.6 Å². The fourth-order valence-electron chi connectivity index (χ4n) is 2.02. The zero-order valence-corrected chi connectivity index (χ0v) is 11.9. The van der Waals surface area contributed by atoms with Gasteiger partial charge in [-0.25, -0.2) is 4.79 Å². The SMILES string of the molecule is COC(=O)c1cccc(N2C(=O)C(C)(C)NC2S)c1. The van der Waals surface area contributed by atoms with Crippen LogP contribution in [0, 0.1) is 0 Å². The summed E-state index contributed by atoms with van der Waals surface area (Å²) in [5, 5.41) is 3.08. The van der Waals surface area contributed by atoms with Gasteiger partial charge in [-0.05, 0) is 32.0 Å². The molecule has 1 atom stereocenters. The lowest BCUT2D eigenvalue weighted by Gasteiger charge is -2.21. The van der Waals surface area contributed by atoms with Crippen molar-refractivity contribution < 1.29 is 14.3 Å². The summed E-state index contributed by atoms with van der Waals surface area (Å²) in [6.07, 6.45) is 0. The highest BCUT2D eigenvalue weighted by Gasteiger charge is 2.44. The Morgan fingerprint density at radius 2 is 2.16 bits per heavy atom. The van der Waals surface area contributed by atoms with Crippen molar-refractivity contribution in [2.24, 2.45) is 0 Å². The maximum Gasteiger partial charge on any atom is 0.337 e. The summed E-state index contributed by atoms with van der Waals surface area (Å²) < 4.78 is 4.67. The third kappa shape index (κ3) is 2.46. The fourth-order valence-corrected chi connectivity index (χ4v) is 2.58. The number of ether oxygens (including phenoxy) is 1. The molecular weight excluding hydrogens is 264 g/mol. The van der Waals surface area contributed by atoms with Crippen LogP contribution in [0.3, 0.4) is 0 Å². The molecular formula is C13H16N2O3S. The number of methoxy groups -OCH3 is 1. The molecule has 5 nitrogen and oxygen atoms in total. The van der Waals surface area contributed by atoms with E-state index in [1.54, 1.807) is 38.1 Å². The summed E-state index contributed by atoms with van der Waals surface area (Å²) in [5.41, 5.74) is -0.0763. The third-order valence-electron chi connectivity index (χ3n) is 3.03. The molecule has 102 valence electrons. The molecule has 1 aromatic rings. The number of hydrogen-bond acceptors (Lipinski definition) is 5. The maximum atomic E-state index is 12.3. The van der Waals surface area contributed by atoms with Crippen molar-refractivity contribution in [3.8, 4) is 0 Å². The molecule has 1 saturated heterocycles. The zero-order chi connectivity index (χ0) is 14.2. The molecule has 6 heteroatoms. The minimum absolute atomic E-state index is 0.0884. The van der Waals surface area contributed by atoms with Gasteiger partial charge >= 0.3 is 5.97 Å². The summed E-state index contributed by atoms with van der Waals surface area (Å²) in [6, 6.07) is 6.73. The second kappa shape index (κ2) is 4.86. The molecule has 1 amide bonds. The molecule has 1 heterocycles. The van der Waals surface area contributed by atoms with Gasteiger partial charge in [0.25, 0.3) is 0 Å². The van der Waals surface area contributed by atoms with Crippen molar-refractivity contribution in [3.05, 3.63) is 29.8 Å². The Kier molecular flexibility index (Phi) is 3.56. The van der Waals surface area contributed by atoms with Gasteiger partial charge < -0.3 is 4.74 Å². The van der Waals surface area contributed by atoms with Gasteiger partial charge in [-0.1, -0.05) is 6.07 Å². The van der Waals surface area contributed by atoms with Gasteiger partial charge in [0.1, 0.15) is 5.50 Å². The molecule has 0 aromatic heterocycles. The molecule has 0 bridgehead atoms. The van der Waals surface area contributed by atoms with E-state index in [-0.39, 0.29) is 5.91 Å². The van der Waals surface area contributed by atoms with E-state index < -0.39 is 17.0 Å². The number of anilines is 1. The first-order valence-corrected chi connectivity index (χ1v) is 6.36. The van der Waals surface area contributed by atoms with Gasteiger partial charge in [0, 0.05) is 5.69 Å². The van der Waals surface area contributed by atoms with E-state index in [0.29, 0.717) is 11.3 Å². The van der Waals surface area contributed by atoms with Gasteiger partial charge in [-0.3, -0.25) is 15.0 Å². The third-order valence-corrected chi connectivity index (χ3v) is 3.39. The molecule has 0 aliphatic carbocycles. The average molecular weight is 280 g/mol. The van der Waals surface area contributed by atoms with Crippen LogP contribution in [0.15, 0.2) is 24.3 Å². The molecule has 2 rings (SSSR count). The lowest BCUT2D eigenvalue weighted by atomic mass is 10.1. The van der Waals surface area contributed by atoms with E-state index in [1.807, 2.05) is 0 Å². The number of nitrogens with zero attached hydrogens (tertiary/aromatic N) is 1. The first-order valence-electron chi connectivity index (χ1n) is 5.84. The summed E-state index contributed by atoms with van der Waals surface area (Å²) in [6.45, 7) is 3.59. The van der Waals surface area contributed by atoms with E-state index >= 15 is 0 Å². The average Bonchev–Trinajstić information content (AvgIpc) is 2.57. The summed E-state index contributed by atoms with van der Waals surface area (Å²) >= 11 is 4.36. The summed E-state index contributed by atoms with van der Waals surface area (Å²) in [5.74, 6) is -0.522. The van der Waals surface area contributed by atoms with Crippen molar-refractivity contribution >= 4 is 30.2 Å². The highest BCUT2D eigenvalue weighted by molar-refractivity contribution is 7.81. The molecule has 0 radical (unpaired) electrons. The Hall–Kier alpha value is -1.53.